The van der Waals surface area contributed by atoms with Crippen LogP contribution in [0.2, 0.25) is 47.8 Å². The van der Waals surface area contributed by atoms with Crippen molar-refractivity contribution in [2.75, 3.05) is 164 Å². The molecular formula is C34H87B15N16O7. The van der Waals surface area contributed by atoms with Crippen molar-refractivity contribution in [3.8, 4) is 0 Å². The molecule has 11 aliphatic heterocycles. The molecule has 0 spiro atoms. The zero-order valence-corrected chi connectivity index (χ0v) is 48.3. The fourth-order valence-electron chi connectivity index (χ4n) is 12.3. The van der Waals surface area contributed by atoms with Crippen LogP contribution in [0.3, 0.4) is 0 Å². The first-order valence-electron chi connectivity index (χ1n) is 27.2. The average Bonchev–Trinajstić information content (AvgIpc) is 4.20. The summed E-state index contributed by atoms with van der Waals surface area (Å²) in [6, 6.07) is 0. The SMILES string of the molecule is C1CN2B(O1)N1CCOB1N1CCOB21.C1COB2N(C1)B1OCCCN1B1OCCCN21.CB1N(C)B(C)N(C)B(C)N1C.CB1N(C)B(C)N(C)B(N(C)C)N1C.COB1N(C)B(C)N(C)B(C)N1C. The maximum absolute atomic E-state index is 5.97. The fraction of sp³-hybridized carbons (Fsp3) is 1.00. The van der Waals surface area contributed by atoms with Crippen molar-refractivity contribution < 1.29 is 32.6 Å². The monoisotopic (exact) mass is 997 g/mol. The van der Waals surface area contributed by atoms with Gasteiger partial charge < -0.3 is 108 Å². The van der Waals surface area contributed by atoms with E-state index in [0.717, 1.165) is 98.2 Å². The number of hydrogen-bond acceptors (Lipinski definition) is 23. The standard InChI is InChI=1S/C9H18B3N3O3.C7H21B3N4.C6H12B3N3O3.C6H18B3N3O.C6H18B3N3/c1-4-13-10(16-7-1)14-5-2-9-18-12(14)15-6-3-8-17-11(13)15;1-8-12(5)9(2)14(7)10(11(3)4)13(8)6;1-4-13-7-10(1)8-12(2-5-14-8)9-11(7)3-6-15-9;1-7-10(3)8(2)12(5)9(13-6)11(7)4;1-7-10(4)8(2)12(6)9(3)11(7)5/h1-9H2;1-7H3;1-6H2;1-6H3;1-6H3. The van der Waals surface area contributed by atoms with Crippen molar-refractivity contribution >= 4 is 106 Å². The van der Waals surface area contributed by atoms with Gasteiger partial charge in [0, 0.05) is 66.4 Å². The predicted molar refractivity (Wildman–Crippen MR) is 308 cm³/mol. The molecule has 0 radical (unpaired) electrons. The number of fused-ring (bicyclic) bond motifs is 12. The van der Waals surface area contributed by atoms with Gasteiger partial charge in [-0.3, -0.25) is 0 Å². The summed E-state index contributed by atoms with van der Waals surface area (Å²) in [5.74, 6) is 0. The third-order valence-corrected chi connectivity index (χ3v) is 18.1. The molecular weight excluding hydrogens is 907 g/mol. The van der Waals surface area contributed by atoms with Crippen LogP contribution in [0.15, 0.2) is 0 Å². The van der Waals surface area contributed by atoms with Gasteiger partial charge in [-0.15, -0.1) is 0 Å². The summed E-state index contributed by atoms with van der Waals surface area (Å²) in [6.45, 7) is 29.9. The highest BCUT2D eigenvalue weighted by molar-refractivity contribution is 6.86. The molecule has 0 atom stereocenters. The number of rotatable bonds is 2. The summed E-state index contributed by atoms with van der Waals surface area (Å²) in [6.07, 6.45) is 3.26. The molecule has 11 rings (SSSR count). The van der Waals surface area contributed by atoms with Crippen molar-refractivity contribution in [2.24, 2.45) is 0 Å². The minimum Gasteiger partial charge on any atom is -0.412 e. The summed E-state index contributed by atoms with van der Waals surface area (Å²) < 4.78 is 75.4. The summed E-state index contributed by atoms with van der Waals surface area (Å²) in [7, 11) is 26.2. The Morgan fingerprint density at radius 3 is 0.792 bits per heavy atom. The van der Waals surface area contributed by atoms with E-state index in [0.29, 0.717) is 56.0 Å². The topological polar surface area (TPSA) is 116 Å². The lowest BCUT2D eigenvalue weighted by molar-refractivity contribution is 0.104. The molecule has 0 amide bonds. The van der Waals surface area contributed by atoms with Crippen LogP contribution in [0.25, 0.3) is 0 Å². The second kappa shape index (κ2) is 26.3. The first-order valence-corrected chi connectivity index (χ1v) is 27.2. The van der Waals surface area contributed by atoms with E-state index in [1.54, 1.807) is 7.11 Å². The van der Waals surface area contributed by atoms with Crippen molar-refractivity contribution in [2.45, 2.75) is 67.0 Å². The lowest BCUT2D eigenvalue weighted by Crippen LogP contribution is -2.82. The summed E-state index contributed by atoms with van der Waals surface area (Å²) >= 11 is 0. The molecule has 11 saturated heterocycles. The van der Waals surface area contributed by atoms with Gasteiger partial charge in [-0.05, 0) is 116 Å². The molecule has 0 unspecified atom stereocenters. The molecule has 0 bridgehead atoms. The van der Waals surface area contributed by atoms with E-state index in [4.69, 9.17) is 32.6 Å². The van der Waals surface area contributed by atoms with E-state index in [1.807, 2.05) is 0 Å². The maximum atomic E-state index is 5.97. The first-order chi connectivity index (χ1) is 34.2. The molecule has 72 heavy (non-hydrogen) atoms. The highest BCUT2D eigenvalue weighted by Crippen LogP contribution is 2.30. The van der Waals surface area contributed by atoms with E-state index in [9.17, 15) is 0 Å². The highest BCUT2D eigenvalue weighted by Gasteiger charge is 2.63. The van der Waals surface area contributed by atoms with Crippen LogP contribution in [0.5, 0.6) is 0 Å². The summed E-state index contributed by atoms with van der Waals surface area (Å²) in [5.41, 5.74) is 0. The zero-order valence-electron chi connectivity index (χ0n) is 48.3. The lowest BCUT2D eigenvalue weighted by atomic mass is 9.46. The molecule has 0 aliphatic carbocycles. The number of nitrogens with zero attached hydrogens (tertiary/aromatic N) is 16. The average molecular weight is 994 g/mol. The molecule has 0 N–H and O–H groups in total. The Morgan fingerprint density at radius 1 is 0.319 bits per heavy atom. The third-order valence-electron chi connectivity index (χ3n) is 18.1. The predicted octanol–water partition coefficient (Wildman–Crippen LogP) is -3.54. The molecule has 0 aromatic heterocycles. The number of hydrogen-bond donors (Lipinski definition) is 0. The Bertz CT molecular complexity index is 1440. The Hall–Kier alpha value is 0.0540. The van der Waals surface area contributed by atoms with Gasteiger partial charge in [-0.25, -0.2) is 0 Å². The molecule has 0 saturated carbocycles. The molecule has 390 valence electrons. The molecule has 11 heterocycles. The van der Waals surface area contributed by atoms with Crippen molar-refractivity contribution in [1.29, 1.82) is 0 Å². The second-order valence-electron chi connectivity index (χ2n) is 22.0. The van der Waals surface area contributed by atoms with Crippen LogP contribution in [-0.4, -0.2) is 345 Å². The third kappa shape index (κ3) is 12.3. The van der Waals surface area contributed by atoms with E-state index >= 15 is 0 Å². The molecule has 0 aromatic rings. The maximum Gasteiger partial charge on any atom is 0.462 e. The van der Waals surface area contributed by atoms with Gasteiger partial charge in [0.1, 0.15) is 0 Å². The Labute approximate surface area is 443 Å². The molecule has 0 aromatic carbocycles. The van der Waals surface area contributed by atoms with Gasteiger partial charge in [-0.1, -0.05) is 47.8 Å². The van der Waals surface area contributed by atoms with Gasteiger partial charge >= 0.3 is 57.4 Å². The van der Waals surface area contributed by atoms with Crippen LogP contribution in [0.4, 0.5) is 0 Å². The fourth-order valence-corrected chi connectivity index (χ4v) is 12.3. The molecule has 23 nitrogen and oxygen atoms in total. The van der Waals surface area contributed by atoms with E-state index in [-0.39, 0.29) is 50.3 Å². The van der Waals surface area contributed by atoms with Gasteiger partial charge in [0.05, 0.1) is 0 Å². The minimum absolute atomic E-state index is 0.0448. The second-order valence-corrected chi connectivity index (χ2v) is 22.0. The largest absolute Gasteiger partial charge is 0.462 e. The normalized spacial score (nSPS) is 27.1. The Kier molecular flexibility index (Phi) is 21.8. The lowest BCUT2D eigenvalue weighted by Gasteiger charge is -2.54. The highest BCUT2D eigenvalue weighted by atomic mass is 16.5. The Morgan fingerprint density at radius 2 is 0.542 bits per heavy atom. The van der Waals surface area contributed by atoms with Crippen LogP contribution < -0.4 is 0 Å². The van der Waals surface area contributed by atoms with Crippen LogP contribution in [0, 0.1) is 0 Å². The van der Waals surface area contributed by atoms with Crippen LogP contribution in [-0.2, 0) is 32.6 Å². The van der Waals surface area contributed by atoms with Crippen molar-refractivity contribution in [3.63, 3.8) is 0 Å². The van der Waals surface area contributed by atoms with Crippen LogP contribution >= 0.6 is 0 Å². The van der Waals surface area contributed by atoms with Crippen molar-refractivity contribution in [1.82, 2.24) is 75.6 Å². The van der Waals surface area contributed by atoms with Crippen LogP contribution in [0.1, 0.15) is 19.3 Å². The smallest absolute Gasteiger partial charge is 0.412 e. The van der Waals surface area contributed by atoms with E-state index < -0.39 is 0 Å². The Balaban J connectivity index is 0.000000133. The summed E-state index contributed by atoms with van der Waals surface area (Å²) in [5, 5.41) is 0. The molecule has 38 heteroatoms. The van der Waals surface area contributed by atoms with E-state index in [1.165, 1.54) is 0 Å². The van der Waals surface area contributed by atoms with Gasteiger partial charge in [0.25, 0.3) is 48.9 Å². The van der Waals surface area contributed by atoms with Gasteiger partial charge in [0.15, 0.2) is 0 Å². The van der Waals surface area contributed by atoms with Crippen molar-refractivity contribution in [3.05, 3.63) is 0 Å². The van der Waals surface area contributed by atoms with Gasteiger partial charge in [-0.2, -0.15) is 0 Å². The molecule has 11 aliphatic rings. The van der Waals surface area contributed by atoms with E-state index in [2.05, 4.69) is 201 Å². The zero-order chi connectivity index (χ0) is 52.5. The minimum atomic E-state index is 0.0448. The van der Waals surface area contributed by atoms with Gasteiger partial charge in [0.2, 0.25) is 0 Å². The summed E-state index contributed by atoms with van der Waals surface area (Å²) in [4.78, 5) is 2.25. The quantitative estimate of drug-likeness (QED) is 0.255. The first kappa shape index (κ1) is 59.7. The molecule has 11 fully saturated rings.